The minimum Gasteiger partial charge on any atom is -0.392 e. The van der Waals surface area contributed by atoms with E-state index in [2.05, 4.69) is 11.8 Å². The van der Waals surface area contributed by atoms with Crippen LogP contribution < -0.4 is 0 Å². The van der Waals surface area contributed by atoms with Crippen molar-refractivity contribution in [2.24, 2.45) is 11.8 Å². The third-order valence-electron chi connectivity index (χ3n) is 4.71. The Morgan fingerprint density at radius 2 is 1.94 bits per heavy atom. The second-order valence-corrected chi connectivity index (χ2v) is 6.17. The maximum absolute atomic E-state index is 10.3. The minimum atomic E-state index is -0.0596. The highest BCUT2D eigenvalue weighted by Crippen LogP contribution is 2.28. The molecule has 1 saturated carbocycles. The summed E-state index contributed by atoms with van der Waals surface area (Å²) in [5.41, 5.74) is 0. The van der Waals surface area contributed by atoms with Crippen molar-refractivity contribution >= 4 is 0 Å². The van der Waals surface area contributed by atoms with Gasteiger partial charge in [-0.2, -0.15) is 0 Å². The van der Waals surface area contributed by atoms with Gasteiger partial charge in [0.25, 0.3) is 0 Å². The fourth-order valence-corrected chi connectivity index (χ4v) is 3.66. The van der Waals surface area contributed by atoms with Crippen LogP contribution in [0.3, 0.4) is 0 Å². The number of rotatable bonds is 5. The van der Waals surface area contributed by atoms with Gasteiger partial charge in [0, 0.05) is 13.1 Å². The summed E-state index contributed by atoms with van der Waals surface area (Å²) in [6, 6.07) is 0. The Hall–Kier alpha value is -0.0800. The number of β-amino-alcohol motifs (C(OH)–C–C–N with tert-alkyl or cyclic N) is 1. The minimum absolute atomic E-state index is 0.0596. The lowest BCUT2D eigenvalue weighted by Gasteiger charge is -2.29. The van der Waals surface area contributed by atoms with Crippen LogP contribution >= 0.6 is 0 Å². The zero-order valence-corrected chi connectivity index (χ0v) is 11.4. The van der Waals surface area contributed by atoms with Crippen molar-refractivity contribution in [3.8, 4) is 0 Å². The number of aliphatic hydroxyl groups is 1. The summed E-state index contributed by atoms with van der Waals surface area (Å²) in [6.07, 6.45) is 10.5. The van der Waals surface area contributed by atoms with Gasteiger partial charge < -0.3 is 10.0 Å². The first-order chi connectivity index (χ1) is 8.29. The molecule has 1 saturated heterocycles. The van der Waals surface area contributed by atoms with Gasteiger partial charge in [0.1, 0.15) is 0 Å². The summed E-state index contributed by atoms with van der Waals surface area (Å²) in [5.74, 6) is 1.49. The molecule has 2 aliphatic rings. The van der Waals surface area contributed by atoms with Crippen molar-refractivity contribution in [2.45, 2.75) is 64.4 Å². The Kier molecular flexibility index (Phi) is 5.30. The summed E-state index contributed by atoms with van der Waals surface area (Å²) >= 11 is 0. The molecule has 2 atom stereocenters. The van der Waals surface area contributed by atoms with Gasteiger partial charge in [-0.15, -0.1) is 0 Å². The predicted molar refractivity (Wildman–Crippen MR) is 72.0 cm³/mol. The Bertz CT molecular complexity index is 213. The average molecular weight is 239 g/mol. The van der Waals surface area contributed by atoms with E-state index in [1.54, 1.807) is 0 Å². The Morgan fingerprint density at radius 3 is 2.65 bits per heavy atom. The maximum Gasteiger partial charge on any atom is 0.0695 e. The van der Waals surface area contributed by atoms with Crippen LogP contribution in [0.15, 0.2) is 0 Å². The fraction of sp³-hybridized carbons (Fsp3) is 1.00. The zero-order valence-electron chi connectivity index (χ0n) is 11.4. The van der Waals surface area contributed by atoms with Crippen LogP contribution in [0.1, 0.15) is 58.3 Å². The second-order valence-electron chi connectivity index (χ2n) is 6.17. The summed E-state index contributed by atoms with van der Waals surface area (Å²) in [6.45, 7) is 5.66. The molecule has 0 radical (unpaired) electrons. The molecule has 1 N–H and O–H groups in total. The van der Waals surface area contributed by atoms with Crippen molar-refractivity contribution in [2.75, 3.05) is 19.6 Å². The van der Waals surface area contributed by atoms with E-state index >= 15 is 0 Å². The van der Waals surface area contributed by atoms with E-state index in [0.717, 1.165) is 12.5 Å². The maximum atomic E-state index is 10.3. The van der Waals surface area contributed by atoms with E-state index < -0.39 is 0 Å². The number of likely N-dealkylation sites (tertiary alicyclic amines) is 1. The zero-order chi connectivity index (χ0) is 12.1. The average Bonchev–Trinajstić information content (AvgIpc) is 2.78. The molecule has 2 fully saturated rings. The van der Waals surface area contributed by atoms with Crippen molar-refractivity contribution in [1.29, 1.82) is 0 Å². The molecule has 2 heteroatoms. The molecule has 1 aliphatic carbocycles. The van der Waals surface area contributed by atoms with Crippen molar-refractivity contribution in [3.63, 3.8) is 0 Å². The van der Waals surface area contributed by atoms with Crippen LogP contribution in [0.2, 0.25) is 0 Å². The van der Waals surface area contributed by atoms with E-state index in [0.29, 0.717) is 5.92 Å². The van der Waals surface area contributed by atoms with E-state index in [4.69, 9.17) is 0 Å². The molecule has 1 aliphatic heterocycles. The van der Waals surface area contributed by atoms with Crippen molar-refractivity contribution in [1.82, 2.24) is 4.90 Å². The molecule has 2 nitrogen and oxygen atoms in total. The smallest absolute Gasteiger partial charge is 0.0695 e. The largest absolute Gasteiger partial charge is 0.392 e. The Labute approximate surface area is 106 Å². The molecular formula is C15H29NO. The summed E-state index contributed by atoms with van der Waals surface area (Å²) in [5, 5.41) is 10.3. The van der Waals surface area contributed by atoms with Gasteiger partial charge in [-0.25, -0.2) is 0 Å². The molecule has 0 spiro atoms. The molecule has 0 amide bonds. The normalized spacial score (nSPS) is 29.6. The number of hydrogen-bond donors (Lipinski definition) is 1. The van der Waals surface area contributed by atoms with Gasteiger partial charge in [-0.1, -0.05) is 32.6 Å². The van der Waals surface area contributed by atoms with Gasteiger partial charge in [-0.3, -0.25) is 0 Å². The van der Waals surface area contributed by atoms with Gasteiger partial charge in [-0.05, 0) is 44.1 Å². The highest BCUT2D eigenvalue weighted by molar-refractivity contribution is 4.81. The second kappa shape index (κ2) is 6.75. The molecular weight excluding hydrogens is 210 g/mol. The highest BCUT2D eigenvalue weighted by Gasteiger charge is 2.27. The van der Waals surface area contributed by atoms with Crippen LogP contribution in [0.25, 0.3) is 0 Å². The molecule has 1 heterocycles. The SMILES string of the molecule is CCCC1CCN(CC(O)C2CCCCC2)C1. The lowest BCUT2D eigenvalue weighted by molar-refractivity contribution is 0.0533. The molecule has 2 unspecified atom stereocenters. The summed E-state index contributed by atoms with van der Waals surface area (Å²) in [4.78, 5) is 2.50. The first-order valence-corrected chi connectivity index (χ1v) is 7.70. The van der Waals surface area contributed by atoms with Crippen LogP contribution in [0.4, 0.5) is 0 Å². The lowest BCUT2D eigenvalue weighted by atomic mass is 9.85. The molecule has 17 heavy (non-hydrogen) atoms. The lowest BCUT2D eigenvalue weighted by Crippen LogP contribution is -2.36. The summed E-state index contributed by atoms with van der Waals surface area (Å²) < 4.78 is 0. The van der Waals surface area contributed by atoms with Crippen LogP contribution in [-0.2, 0) is 0 Å². The van der Waals surface area contributed by atoms with Gasteiger partial charge in [0.15, 0.2) is 0 Å². The fourth-order valence-electron chi connectivity index (χ4n) is 3.66. The molecule has 100 valence electrons. The molecule has 0 aromatic carbocycles. The van der Waals surface area contributed by atoms with Crippen LogP contribution in [0.5, 0.6) is 0 Å². The van der Waals surface area contributed by atoms with Crippen molar-refractivity contribution in [3.05, 3.63) is 0 Å². The monoisotopic (exact) mass is 239 g/mol. The van der Waals surface area contributed by atoms with E-state index in [1.807, 2.05) is 0 Å². The number of aliphatic hydroxyl groups excluding tert-OH is 1. The van der Waals surface area contributed by atoms with Gasteiger partial charge >= 0.3 is 0 Å². The van der Waals surface area contributed by atoms with E-state index in [9.17, 15) is 5.11 Å². The molecule has 0 aromatic heterocycles. The van der Waals surface area contributed by atoms with E-state index in [1.165, 1.54) is 64.5 Å². The number of nitrogens with zero attached hydrogens (tertiary/aromatic N) is 1. The predicted octanol–water partition coefficient (Wildman–Crippen LogP) is 3.05. The van der Waals surface area contributed by atoms with Crippen molar-refractivity contribution < 1.29 is 5.11 Å². The quantitative estimate of drug-likeness (QED) is 0.797. The summed E-state index contributed by atoms with van der Waals surface area (Å²) in [7, 11) is 0. The first kappa shape index (κ1) is 13.4. The van der Waals surface area contributed by atoms with E-state index in [-0.39, 0.29) is 6.10 Å². The highest BCUT2D eigenvalue weighted by atomic mass is 16.3. The Balaban J connectivity index is 1.69. The van der Waals surface area contributed by atoms with Gasteiger partial charge in [0.2, 0.25) is 0 Å². The first-order valence-electron chi connectivity index (χ1n) is 7.70. The third-order valence-corrected chi connectivity index (χ3v) is 4.71. The molecule has 0 aromatic rings. The Morgan fingerprint density at radius 1 is 1.18 bits per heavy atom. The number of hydrogen-bond acceptors (Lipinski definition) is 2. The molecule has 0 bridgehead atoms. The third kappa shape index (κ3) is 3.96. The molecule has 2 rings (SSSR count). The van der Waals surface area contributed by atoms with Crippen LogP contribution in [0, 0.1) is 11.8 Å². The standard InChI is InChI=1S/C15H29NO/c1-2-6-13-9-10-16(11-13)12-15(17)14-7-4-3-5-8-14/h13-15,17H,2-12H2,1H3. The van der Waals surface area contributed by atoms with Crippen LogP contribution in [-0.4, -0.2) is 35.7 Å². The topological polar surface area (TPSA) is 23.5 Å². The van der Waals surface area contributed by atoms with Gasteiger partial charge in [0.05, 0.1) is 6.10 Å².